The first-order valence-corrected chi connectivity index (χ1v) is 11.6. The minimum atomic E-state index is -3.79. The molecule has 0 saturated heterocycles. The predicted molar refractivity (Wildman–Crippen MR) is 111 cm³/mol. The van der Waals surface area contributed by atoms with Crippen molar-refractivity contribution in [3.63, 3.8) is 0 Å². The summed E-state index contributed by atoms with van der Waals surface area (Å²) in [5.74, 6) is 0. The SMILES string of the molecule is CC(C)N(C)S(=O)(=O)c1ccc(NS(=O)(=O)c2ccc3ccccc3c2)cc1. The zero-order chi connectivity index (χ0) is 20.5. The van der Waals surface area contributed by atoms with Crippen molar-refractivity contribution in [3.8, 4) is 0 Å². The predicted octanol–water partition coefficient (Wildman–Crippen LogP) is 3.67. The van der Waals surface area contributed by atoms with E-state index in [0.717, 1.165) is 10.8 Å². The van der Waals surface area contributed by atoms with Crippen molar-refractivity contribution in [2.75, 3.05) is 11.8 Å². The van der Waals surface area contributed by atoms with Gasteiger partial charge in [0.2, 0.25) is 10.0 Å². The summed E-state index contributed by atoms with van der Waals surface area (Å²) in [6.07, 6.45) is 0. The maximum atomic E-state index is 12.7. The normalized spacial score (nSPS) is 12.6. The van der Waals surface area contributed by atoms with E-state index in [2.05, 4.69) is 4.72 Å². The second kappa shape index (κ2) is 7.54. The van der Waals surface area contributed by atoms with Crippen LogP contribution < -0.4 is 4.72 Å². The van der Waals surface area contributed by atoms with E-state index in [-0.39, 0.29) is 15.8 Å². The molecule has 0 atom stereocenters. The summed E-state index contributed by atoms with van der Waals surface area (Å²) >= 11 is 0. The number of sulfonamides is 2. The molecule has 8 heteroatoms. The number of anilines is 1. The Morgan fingerprint density at radius 2 is 1.36 bits per heavy atom. The van der Waals surface area contributed by atoms with Crippen molar-refractivity contribution in [3.05, 3.63) is 66.7 Å². The average molecular weight is 419 g/mol. The fourth-order valence-corrected chi connectivity index (χ4v) is 5.15. The maximum absolute atomic E-state index is 12.7. The summed E-state index contributed by atoms with van der Waals surface area (Å²) in [5.41, 5.74) is 0.291. The van der Waals surface area contributed by atoms with Gasteiger partial charge in [0.05, 0.1) is 9.79 Å². The van der Waals surface area contributed by atoms with Crippen LogP contribution in [0.3, 0.4) is 0 Å². The lowest BCUT2D eigenvalue weighted by molar-refractivity contribution is 0.410. The third-order valence-electron chi connectivity index (χ3n) is 4.54. The molecule has 0 aliphatic heterocycles. The number of hydrogen-bond donors (Lipinski definition) is 1. The van der Waals surface area contributed by atoms with E-state index in [1.54, 1.807) is 32.0 Å². The number of benzene rings is 3. The number of fused-ring (bicyclic) bond motifs is 1. The molecule has 3 rings (SSSR count). The topological polar surface area (TPSA) is 83.6 Å². The van der Waals surface area contributed by atoms with Crippen LogP contribution in [0.4, 0.5) is 5.69 Å². The summed E-state index contributed by atoms with van der Waals surface area (Å²) in [6, 6.07) is 17.9. The number of rotatable bonds is 6. The van der Waals surface area contributed by atoms with Crippen LogP contribution in [0.1, 0.15) is 13.8 Å². The highest BCUT2D eigenvalue weighted by Gasteiger charge is 2.23. The van der Waals surface area contributed by atoms with Gasteiger partial charge in [-0.25, -0.2) is 16.8 Å². The Morgan fingerprint density at radius 1 is 0.786 bits per heavy atom. The molecule has 0 bridgehead atoms. The molecule has 3 aromatic carbocycles. The zero-order valence-electron chi connectivity index (χ0n) is 15.8. The Balaban J connectivity index is 1.86. The highest BCUT2D eigenvalue weighted by molar-refractivity contribution is 7.92. The highest BCUT2D eigenvalue weighted by Crippen LogP contribution is 2.23. The molecule has 0 heterocycles. The van der Waals surface area contributed by atoms with Gasteiger partial charge in [-0.3, -0.25) is 4.72 Å². The average Bonchev–Trinajstić information content (AvgIpc) is 2.67. The molecule has 148 valence electrons. The van der Waals surface area contributed by atoms with Gasteiger partial charge in [0.1, 0.15) is 0 Å². The van der Waals surface area contributed by atoms with Crippen LogP contribution in [-0.2, 0) is 20.0 Å². The van der Waals surface area contributed by atoms with Crippen LogP contribution in [-0.4, -0.2) is 34.2 Å². The van der Waals surface area contributed by atoms with E-state index >= 15 is 0 Å². The van der Waals surface area contributed by atoms with Crippen LogP contribution in [0, 0.1) is 0 Å². The van der Waals surface area contributed by atoms with Crippen molar-refractivity contribution >= 4 is 36.5 Å². The van der Waals surface area contributed by atoms with Crippen LogP contribution >= 0.6 is 0 Å². The molecule has 0 unspecified atom stereocenters. The molecule has 0 spiro atoms. The molecular formula is C20H22N2O4S2. The largest absolute Gasteiger partial charge is 0.280 e. The summed E-state index contributed by atoms with van der Waals surface area (Å²) < 4.78 is 54.1. The van der Waals surface area contributed by atoms with E-state index in [1.807, 2.05) is 24.3 Å². The zero-order valence-corrected chi connectivity index (χ0v) is 17.5. The quantitative estimate of drug-likeness (QED) is 0.662. The molecule has 0 amide bonds. The minimum Gasteiger partial charge on any atom is -0.280 e. The van der Waals surface area contributed by atoms with Crippen LogP contribution in [0.15, 0.2) is 76.5 Å². The standard InChI is InChI=1S/C20H22N2O4S2/c1-15(2)22(3)28(25,26)19-12-9-18(10-13-19)21-27(23,24)20-11-8-16-6-4-5-7-17(16)14-20/h4-15,21H,1-3H3. The lowest BCUT2D eigenvalue weighted by atomic mass is 10.1. The van der Waals surface area contributed by atoms with Crippen LogP contribution in [0.25, 0.3) is 10.8 Å². The van der Waals surface area contributed by atoms with E-state index in [4.69, 9.17) is 0 Å². The summed E-state index contributed by atoms with van der Waals surface area (Å²) in [7, 11) is -5.90. The molecule has 0 aliphatic carbocycles. The lowest BCUT2D eigenvalue weighted by Gasteiger charge is -2.21. The molecule has 6 nitrogen and oxygen atoms in total. The van der Waals surface area contributed by atoms with E-state index < -0.39 is 20.0 Å². The van der Waals surface area contributed by atoms with E-state index in [9.17, 15) is 16.8 Å². The fraction of sp³-hybridized carbons (Fsp3) is 0.200. The molecule has 28 heavy (non-hydrogen) atoms. The van der Waals surface area contributed by atoms with Crippen molar-refractivity contribution in [1.29, 1.82) is 0 Å². The van der Waals surface area contributed by atoms with Crippen molar-refractivity contribution < 1.29 is 16.8 Å². The molecule has 0 aromatic heterocycles. The van der Waals surface area contributed by atoms with Gasteiger partial charge in [-0.05, 0) is 61.0 Å². The number of nitrogens with one attached hydrogen (secondary N) is 1. The lowest BCUT2D eigenvalue weighted by Crippen LogP contribution is -2.33. The Morgan fingerprint density at radius 3 is 1.96 bits per heavy atom. The summed E-state index contributed by atoms with van der Waals surface area (Å²) in [4.78, 5) is 0.250. The first kappa shape index (κ1) is 20.3. The second-order valence-corrected chi connectivity index (χ2v) is 10.4. The molecule has 0 fully saturated rings. The van der Waals surface area contributed by atoms with E-state index in [1.165, 1.54) is 35.6 Å². The monoisotopic (exact) mass is 418 g/mol. The van der Waals surface area contributed by atoms with Crippen molar-refractivity contribution in [2.45, 2.75) is 29.7 Å². The maximum Gasteiger partial charge on any atom is 0.261 e. The molecule has 0 saturated carbocycles. The molecule has 0 aliphatic rings. The summed E-state index contributed by atoms with van der Waals surface area (Å²) in [6.45, 7) is 3.56. The van der Waals surface area contributed by atoms with Gasteiger partial charge in [0, 0.05) is 18.8 Å². The Hall–Kier alpha value is -2.42. The Bertz CT molecular complexity index is 1200. The van der Waals surface area contributed by atoms with Gasteiger partial charge in [-0.2, -0.15) is 4.31 Å². The third kappa shape index (κ3) is 4.04. The van der Waals surface area contributed by atoms with Crippen molar-refractivity contribution in [2.24, 2.45) is 0 Å². The minimum absolute atomic E-state index is 0.109. The smallest absolute Gasteiger partial charge is 0.261 e. The molecular weight excluding hydrogens is 396 g/mol. The third-order valence-corrected chi connectivity index (χ3v) is 7.97. The highest BCUT2D eigenvalue weighted by atomic mass is 32.2. The van der Waals surface area contributed by atoms with Gasteiger partial charge in [0.15, 0.2) is 0 Å². The van der Waals surface area contributed by atoms with Gasteiger partial charge in [-0.1, -0.05) is 30.3 Å². The van der Waals surface area contributed by atoms with Crippen LogP contribution in [0.2, 0.25) is 0 Å². The van der Waals surface area contributed by atoms with Gasteiger partial charge >= 0.3 is 0 Å². The molecule has 1 N–H and O–H groups in total. The summed E-state index contributed by atoms with van der Waals surface area (Å²) in [5, 5.41) is 1.77. The Labute approximate surface area is 165 Å². The van der Waals surface area contributed by atoms with Crippen LogP contribution in [0.5, 0.6) is 0 Å². The van der Waals surface area contributed by atoms with Gasteiger partial charge in [-0.15, -0.1) is 0 Å². The number of nitrogens with zero attached hydrogens (tertiary/aromatic N) is 1. The number of hydrogen-bond acceptors (Lipinski definition) is 4. The first-order chi connectivity index (χ1) is 13.1. The molecule has 0 radical (unpaired) electrons. The van der Waals surface area contributed by atoms with Crippen molar-refractivity contribution in [1.82, 2.24) is 4.31 Å². The Kier molecular flexibility index (Phi) is 5.47. The van der Waals surface area contributed by atoms with Gasteiger partial charge < -0.3 is 0 Å². The fourth-order valence-electron chi connectivity index (χ4n) is 2.69. The first-order valence-electron chi connectivity index (χ1n) is 8.71. The molecule has 3 aromatic rings. The van der Waals surface area contributed by atoms with E-state index in [0.29, 0.717) is 5.69 Å². The second-order valence-electron chi connectivity index (χ2n) is 6.75. The van der Waals surface area contributed by atoms with Gasteiger partial charge in [0.25, 0.3) is 10.0 Å².